The first kappa shape index (κ1) is 18.5. The van der Waals surface area contributed by atoms with Gasteiger partial charge in [-0.3, -0.25) is 4.79 Å². The Kier molecular flexibility index (Phi) is 6.10. The lowest BCUT2D eigenvalue weighted by Crippen LogP contribution is -2.31. The van der Waals surface area contributed by atoms with Crippen molar-refractivity contribution in [3.05, 3.63) is 90.0 Å². The fraction of sp³-hybridized carbons (Fsp3) is 0.174. The molecule has 138 valence electrons. The van der Waals surface area contributed by atoms with Crippen molar-refractivity contribution in [2.24, 2.45) is 0 Å². The quantitative estimate of drug-likeness (QED) is 0.623. The van der Waals surface area contributed by atoms with Crippen LogP contribution in [-0.4, -0.2) is 20.1 Å². The van der Waals surface area contributed by atoms with Gasteiger partial charge in [0.2, 0.25) is 5.91 Å². The van der Waals surface area contributed by atoms with Crippen LogP contribution in [0.1, 0.15) is 11.1 Å². The van der Waals surface area contributed by atoms with Crippen molar-refractivity contribution in [3.63, 3.8) is 0 Å². The van der Waals surface area contributed by atoms with Gasteiger partial charge in [-0.15, -0.1) is 0 Å². The molecule has 0 heterocycles. The van der Waals surface area contributed by atoms with E-state index < -0.39 is 0 Å². The molecule has 1 amide bonds. The number of benzene rings is 3. The van der Waals surface area contributed by atoms with Crippen LogP contribution in [0.3, 0.4) is 0 Å². The molecule has 3 aromatic carbocycles. The van der Waals surface area contributed by atoms with Gasteiger partial charge >= 0.3 is 0 Å². The summed E-state index contributed by atoms with van der Waals surface area (Å²) in [5.41, 5.74) is 2.88. The highest BCUT2D eigenvalue weighted by molar-refractivity contribution is 5.94. The summed E-state index contributed by atoms with van der Waals surface area (Å²) in [6, 6.07) is 25.1. The Morgan fingerprint density at radius 2 is 1.30 bits per heavy atom. The lowest BCUT2D eigenvalue weighted by atomic mass is 10.1. The van der Waals surface area contributed by atoms with Crippen LogP contribution in [0.2, 0.25) is 0 Å². The fourth-order valence-electron chi connectivity index (χ4n) is 2.87. The summed E-state index contributed by atoms with van der Waals surface area (Å²) in [5.74, 6) is 1.58. The van der Waals surface area contributed by atoms with Crippen molar-refractivity contribution < 1.29 is 14.3 Å². The first-order chi connectivity index (χ1) is 13.2. The average Bonchev–Trinajstić information content (AvgIpc) is 2.73. The molecular formula is C23H23NO3. The zero-order valence-electron chi connectivity index (χ0n) is 15.6. The Labute approximate surface area is 160 Å². The number of hydrogen-bond donors (Lipinski definition) is 0. The van der Waals surface area contributed by atoms with Crippen LogP contribution in [0.5, 0.6) is 11.5 Å². The number of anilines is 1. The molecule has 0 N–H and O–H groups in total. The highest BCUT2D eigenvalue weighted by Gasteiger charge is 2.17. The van der Waals surface area contributed by atoms with Crippen LogP contribution in [0.15, 0.2) is 78.9 Å². The number of ether oxygens (including phenoxy) is 2. The third-order valence-electron chi connectivity index (χ3n) is 4.38. The minimum atomic E-state index is 0.0363. The molecule has 0 radical (unpaired) electrons. The van der Waals surface area contributed by atoms with E-state index in [-0.39, 0.29) is 5.91 Å². The van der Waals surface area contributed by atoms with Crippen LogP contribution >= 0.6 is 0 Å². The molecule has 0 aliphatic rings. The number of amides is 1. The van der Waals surface area contributed by atoms with Crippen LogP contribution in [0.25, 0.3) is 0 Å². The van der Waals surface area contributed by atoms with Crippen molar-refractivity contribution in [2.45, 2.75) is 13.0 Å². The van der Waals surface area contributed by atoms with Crippen molar-refractivity contribution in [1.82, 2.24) is 0 Å². The molecule has 0 saturated carbocycles. The molecule has 0 atom stereocenters. The second-order valence-electron chi connectivity index (χ2n) is 6.19. The SMILES string of the molecule is COc1ccc(CC(=O)N(Cc2ccccc2)c2ccc(OC)cc2)cc1. The fourth-order valence-corrected chi connectivity index (χ4v) is 2.87. The maximum Gasteiger partial charge on any atom is 0.231 e. The van der Waals surface area contributed by atoms with E-state index in [0.29, 0.717) is 13.0 Å². The Hall–Kier alpha value is -3.27. The van der Waals surface area contributed by atoms with Gasteiger partial charge in [0.05, 0.1) is 27.2 Å². The van der Waals surface area contributed by atoms with Crippen molar-refractivity contribution in [2.75, 3.05) is 19.1 Å². The van der Waals surface area contributed by atoms with E-state index in [1.807, 2.05) is 78.9 Å². The molecule has 0 aliphatic heterocycles. The predicted molar refractivity (Wildman–Crippen MR) is 107 cm³/mol. The second kappa shape index (κ2) is 8.90. The summed E-state index contributed by atoms with van der Waals surface area (Å²) in [6.07, 6.45) is 0.322. The van der Waals surface area contributed by atoms with Gasteiger partial charge in [-0.05, 0) is 47.5 Å². The van der Waals surface area contributed by atoms with Gasteiger partial charge in [0.15, 0.2) is 0 Å². The lowest BCUT2D eigenvalue weighted by Gasteiger charge is -2.23. The summed E-state index contributed by atoms with van der Waals surface area (Å²) in [5, 5.41) is 0. The van der Waals surface area contributed by atoms with Crippen LogP contribution in [-0.2, 0) is 17.8 Å². The standard InChI is InChI=1S/C23H23NO3/c1-26-21-12-8-18(9-13-21)16-23(25)24(17-19-6-4-3-5-7-19)20-10-14-22(27-2)15-11-20/h3-15H,16-17H2,1-2H3. The Morgan fingerprint density at radius 1 is 0.741 bits per heavy atom. The molecule has 4 nitrogen and oxygen atoms in total. The first-order valence-corrected chi connectivity index (χ1v) is 8.81. The van der Waals surface area contributed by atoms with Crippen molar-refractivity contribution >= 4 is 11.6 Å². The summed E-state index contributed by atoms with van der Waals surface area (Å²) in [4.78, 5) is 14.9. The molecule has 0 saturated heterocycles. The first-order valence-electron chi connectivity index (χ1n) is 8.81. The summed E-state index contributed by atoms with van der Waals surface area (Å²) >= 11 is 0. The van der Waals surface area contributed by atoms with Crippen LogP contribution < -0.4 is 14.4 Å². The zero-order valence-corrected chi connectivity index (χ0v) is 15.6. The van der Waals surface area contributed by atoms with Crippen molar-refractivity contribution in [3.8, 4) is 11.5 Å². The van der Waals surface area contributed by atoms with Crippen LogP contribution in [0.4, 0.5) is 5.69 Å². The molecule has 0 spiro atoms. The number of hydrogen-bond acceptors (Lipinski definition) is 3. The minimum absolute atomic E-state index is 0.0363. The van der Waals surface area contributed by atoms with E-state index in [4.69, 9.17) is 9.47 Å². The van der Waals surface area contributed by atoms with Crippen LogP contribution in [0, 0.1) is 0 Å². The summed E-state index contributed by atoms with van der Waals surface area (Å²) in [6.45, 7) is 0.516. The van der Waals surface area contributed by atoms with E-state index >= 15 is 0 Å². The van der Waals surface area contributed by atoms with E-state index in [1.54, 1.807) is 19.1 Å². The van der Waals surface area contributed by atoms with Gasteiger partial charge in [0.1, 0.15) is 11.5 Å². The highest BCUT2D eigenvalue weighted by Crippen LogP contribution is 2.23. The number of nitrogens with zero attached hydrogens (tertiary/aromatic N) is 1. The minimum Gasteiger partial charge on any atom is -0.497 e. The Balaban J connectivity index is 1.83. The Bertz CT molecular complexity index is 858. The molecule has 0 aromatic heterocycles. The molecule has 0 unspecified atom stereocenters. The van der Waals surface area contributed by atoms with Gasteiger partial charge in [0.25, 0.3) is 0 Å². The molecule has 27 heavy (non-hydrogen) atoms. The van der Waals surface area contributed by atoms with E-state index in [9.17, 15) is 4.79 Å². The van der Waals surface area contributed by atoms with Gasteiger partial charge in [0, 0.05) is 5.69 Å². The number of carbonyl (C=O) groups excluding carboxylic acids is 1. The topological polar surface area (TPSA) is 38.8 Å². The number of rotatable bonds is 7. The van der Waals surface area contributed by atoms with Gasteiger partial charge in [-0.1, -0.05) is 42.5 Å². The number of carbonyl (C=O) groups is 1. The summed E-state index contributed by atoms with van der Waals surface area (Å²) in [7, 11) is 3.26. The second-order valence-corrected chi connectivity index (χ2v) is 6.19. The molecule has 3 aromatic rings. The van der Waals surface area contributed by atoms with E-state index in [1.165, 1.54) is 0 Å². The molecule has 0 bridgehead atoms. The normalized spacial score (nSPS) is 10.3. The maximum absolute atomic E-state index is 13.1. The van der Waals surface area contributed by atoms with Crippen molar-refractivity contribution in [1.29, 1.82) is 0 Å². The largest absolute Gasteiger partial charge is 0.497 e. The monoisotopic (exact) mass is 361 g/mol. The maximum atomic E-state index is 13.1. The third kappa shape index (κ3) is 4.88. The molecule has 4 heteroatoms. The molecule has 3 rings (SSSR count). The van der Waals surface area contributed by atoms with Gasteiger partial charge in [-0.25, -0.2) is 0 Å². The van der Waals surface area contributed by atoms with E-state index in [2.05, 4.69) is 0 Å². The number of methoxy groups -OCH3 is 2. The lowest BCUT2D eigenvalue weighted by molar-refractivity contribution is -0.118. The predicted octanol–water partition coefficient (Wildman–Crippen LogP) is 4.48. The molecule has 0 fully saturated rings. The van der Waals surface area contributed by atoms with Gasteiger partial charge in [-0.2, -0.15) is 0 Å². The molecular weight excluding hydrogens is 338 g/mol. The Morgan fingerprint density at radius 3 is 1.85 bits per heavy atom. The zero-order chi connectivity index (χ0) is 19.1. The van der Waals surface area contributed by atoms with Gasteiger partial charge < -0.3 is 14.4 Å². The summed E-state index contributed by atoms with van der Waals surface area (Å²) < 4.78 is 10.4. The van der Waals surface area contributed by atoms with E-state index in [0.717, 1.165) is 28.3 Å². The molecule has 0 aliphatic carbocycles. The smallest absolute Gasteiger partial charge is 0.231 e. The average molecular weight is 361 g/mol. The highest BCUT2D eigenvalue weighted by atomic mass is 16.5. The third-order valence-corrected chi connectivity index (χ3v) is 4.38.